The molecule has 6 rings (SSSR count). The smallest absolute Gasteiger partial charge is 0.248 e. The highest BCUT2D eigenvalue weighted by atomic mass is 15.1. The Bertz CT molecular complexity index is 1280. The molecule has 2 aliphatic heterocycles. The van der Waals surface area contributed by atoms with Crippen molar-refractivity contribution in [3.8, 4) is 17.2 Å². The standard InChI is InChI=1S/C25H15BN2/c27-16-17-12-14-18(15-13-17)28-23-10-4-3-9-22(23)26-21-8-2-1-6-19(21)20-7-5-11-24(28)25(20)26/h1-15H. The molecule has 0 atom stereocenters. The van der Waals surface area contributed by atoms with E-state index in [9.17, 15) is 5.26 Å². The van der Waals surface area contributed by atoms with Crippen molar-refractivity contribution in [3.63, 3.8) is 0 Å². The van der Waals surface area contributed by atoms with Crippen molar-refractivity contribution in [2.24, 2.45) is 0 Å². The van der Waals surface area contributed by atoms with E-state index in [1.807, 2.05) is 24.3 Å². The predicted molar refractivity (Wildman–Crippen MR) is 116 cm³/mol. The molecule has 0 amide bonds. The molecule has 0 fully saturated rings. The van der Waals surface area contributed by atoms with Gasteiger partial charge in [-0.05, 0) is 58.5 Å². The second-order valence-corrected chi connectivity index (χ2v) is 7.31. The summed E-state index contributed by atoms with van der Waals surface area (Å²) in [6, 6.07) is 34.1. The summed E-state index contributed by atoms with van der Waals surface area (Å²) in [5.74, 6) is 0. The zero-order chi connectivity index (χ0) is 18.7. The lowest BCUT2D eigenvalue weighted by molar-refractivity contribution is 1.29. The van der Waals surface area contributed by atoms with Crippen molar-refractivity contribution in [1.29, 1.82) is 5.26 Å². The van der Waals surface area contributed by atoms with E-state index in [0.717, 1.165) is 5.69 Å². The van der Waals surface area contributed by atoms with Gasteiger partial charge >= 0.3 is 0 Å². The lowest BCUT2D eigenvalue weighted by Crippen LogP contribution is -2.54. The van der Waals surface area contributed by atoms with Crippen LogP contribution in [0.1, 0.15) is 5.56 Å². The molecule has 0 saturated carbocycles. The van der Waals surface area contributed by atoms with Gasteiger partial charge in [-0.1, -0.05) is 60.1 Å². The highest BCUT2D eigenvalue weighted by Gasteiger charge is 2.41. The van der Waals surface area contributed by atoms with E-state index in [4.69, 9.17) is 0 Å². The summed E-state index contributed by atoms with van der Waals surface area (Å²) < 4.78 is 0. The molecule has 128 valence electrons. The van der Waals surface area contributed by atoms with Crippen LogP contribution in [0, 0.1) is 11.3 Å². The van der Waals surface area contributed by atoms with Crippen molar-refractivity contribution < 1.29 is 0 Å². The average Bonchev–Trinajstić information content (AvgIpc) is 3.11. The molecule has 4 aromatic rings. The summed E-state index contributed by atoms with van der Waals surface area (Å²) in [7, 11) is 0. The van der Waals surface area contributed by atoms with Crippen LogP contribution < -0.4 is 21.3 Å². The fourth-order valence-electron chi connectivity index (χ4n) is 4.79. The van der Waals surface area contributed by atoms with Crippen LogP contribution in [0.5, 0.6) is 0 Å². The molecule has 0 bridgehead atoms. The molecule has 2 heterocycles. The molecule has 0 N–H and O–H groups in total. The maximum absolute atomic E-state index is 9.17. The first kappa shape index (κ1) is 15.3. The number of rotatable bonds is 1. The van der Waals surface area contributed by atoms with Crippen molar-refractivity contribution in [2.75, 3.05) is 4.90 Å². The molecule has 4 aromatic carbocycles. The third kappa shape index (κ3) is 1.92. The van der Waals surface area contributed by atoms with Crippen LogP contribution in [0.4, 0.5) is 17.1 Å². The SMILES string of the molecule is N#Cc1ccc(N2c3ccccc3B3c4ccccc4-c4cccc2c43)cc1. The van der Waals surface area contributed by atoms with E-state index in [2.05, 4.69) is 77.7 Å². The Morgan fingerprint density at radius 1 is 0.643 bits per heavy atom. The van der Waals surface area contributed by atoms with Crippen molar-refractivity contribution in [1.82, 2.24) is 0 Å². The van der Waals surface area contributed by atoms with E-state index in [1.165, 1.54) is 38.9 Å². The molecule has 0 radical (unpaired) electrons. The lowest BCUT2D eigenvalue weighted by Gasteiger charge is -2.35. The Morgan fingerprint density at radius 3 is 2.14 bits per heavy atom. The predicted octanol–water partition coefficient (Wildman–Crippen LogP) is 3.84. The first-order chi connectivity index (χ1) is 13.9. The maximum atomic E-state index is 9.17. The molecular formula is C25H15BN2. The second-order valence-electron chi connectivity index (χ2n) is 7.31. The van der Waals surface area contributed by atoms with E-state index in [-0.39, 0.29) is 6.71 Å². The number of fused-ring (bicyclic) bond motifs is 5. The molecule has 28 heavy (non-hydrogen) atoms. The van der Waals surface area contributed by atoms with Gasteiger partial charge in [0.15, 0.2) is 0 Å². The monoisotopic (exact) mass is 354 g/mol. The topological polar surface area (TPSA) is 27.0 Å². The summed E-state index contributed by atoms with van der Waals surface area (Å²) in [5, 5.41) is 9.17. The van der Waals surface area contributed by atoms with E-state index in [0.29, 0.717) is 5.56 Å². The molecule has 0 saturated heterocycles. The van der Waals surface area contributed by atoms with Crippen LogP contribution in [0.2, 0.25) is 0 Å². The number of anilines is 3. The normalized spacial score (nSPS) is 12.8. The van der Waals surface area contributed by atoms with Gasteiger partial charge in [0.2, 0.25) is 6.71 Å². The molecule has 0 spiro atoms. The van der Waals surface area contributed by atoms with Gasteiger partial charge in [-0.15, -0.1) is 0 Å². The Labute approximate surface area is 164 Å². The van der Waals surface area contributed by atoms with Gasteiger partial charge in [-0.25, -0.2) is 0 Å². The van der Waals surface area contributed by atoms with Gasteiger partial charge in [0.05, 0.1) is 11.6 Å². The van der Waals surface area contributed by atoms with Gasteiger partial charge in [0, 0.05) is 17.1 Å². The Morgan fingerprint density at radius 2 is 1.32 bits per heavy atom. The number of nitrogens with zero attached hydrogens (tertiary/aromatic N) is 2. The third-order valence-electron chi connectivity index (χ3n) is 5.92. The summed E-state index contributed by atoms with van der Waals surface area (Å²) in [6.45, 7) is 0.272. The van der Waals surface area contributed by atoms with Crippen LogP contribution in [-0.2, 0) is 0 Å². The molecule has 2 nitrogen and oxygen atoms in total. The average molecular weight is 354 g/mol. The highest BCUT2D eigenvalue weighted by Crippen LogP contribution is 2.39. The quantitative estimate of drug-likeness (QED) is 0.420. The Hall–Kier alpha value is -3.77. The molecule has 0 unspecified atom stereocenters. The number of benzene rings is 4. The fourth-order valence-corrected chi connectivity index (χ4v) is 4.79. The van der Waals surface area contributed by atoms with E-state index >= 15 is 0 Å². The van der Waals surface area contributed by atoms with Gasteiger partial charge in [-0.2, -0.15) is 5.26 Å². The fraction of sp³-hybridized carbons (Fsp3) is 0. The van der Waals surface area contributed by atoms with Crippen LogP contribution in [0.3, 0.4) is 0 Å². The van der Waals surface area contributed by atoms with Gasteiger partial charge in [-0.3, -0.25) is 0 Å². The summed E-state index contributed by atoms with van der Waals surface area (Å²) >= 11 is 0. The van der Waals surface area contributed by atoms with Gasteiger partial charge in [0.25, 0.3) is 0 Å². The van der Waals surface area contributed by atoms with Crippen LogP contribution in [0.15, 0.2) is 91.0 Å². The minimum absolute atomic E-state index is 0.272. The van der Waals surface area contributed by atoms with Gasteiger partial charge < -0.3 is 4.90 Å². The molecule has 0 aliphatic carbocycles. The first-order valence-electron chi connectivity index (χ1n) is 9.48. The number of hydrogen-bond acceptors (Lipinski definition) is 2. The Kier molecular flexibility index (Phi) is 3.07. The first-order valence-corrected chi connectivity index (χ1v) is 9.48. The number of nitriles is 1. The van der Waals surface area contributed by atoms with Crippen molar-refractivity contribution in [2.45, 2.75) is 0 Å². The minimum atomic E-state index is 0.272. The summed E-state index contributed by atoms with van der Waals surface area (Å²) in [4.78, 5) is 2.33. The van der Waals surface area contributed by atoms with Crippen molar-refractivity contribution in [3.05, 3.63) is 96.6 Å². The lowest BCUT2D eigenvalue weighted by atomic mass is 9.37. The molecular weight excluding hydrogens is 339 g/mol. The van der Waals surface area contributed by atoms with E-state index in [1.54, 1.807) is 0 Å². The summed E-state index contributed by atoms with van der Waals surface area (Å²) in [6.07, 6.45) is 0. The maximum Gasteiger partial charge on any atom is 0.248 e. The molecule has 0 aromatic heterocycles. The van der Waals surface area contributed by atoms with E-state index < -0.39 is 0 Å². The second kappa shape index (κ2) is 5.61. The van der Waals surface area contributed by atoms with Crippen LogP contribution in [-0.4, -0.2) is 6.71 Å². The molecule has 3 heteroatoms. The number of para-hydroxylation sites is 1. The van der Waals surface area contributed by atoms with Crippen molar-refractivity contribution >= 4 is 40.2 Å². The number of hydrogen-bond donors (Lipinski definition) is 0. The van der Waals surface area contributed by atoms with Gasteiger partial charge in [0.1, 0.15) is 0 Å². The zero-order valence-electron chi connectivity index (χ0n) is 15.1. The highest BCUT2D eigenvalue weighted by molar-refractivity contribution is 7.01. The zero-order valence-corrected chi connectivity index (χ0v) is 15.1. The largest absolute Gasteiger partial charge is 0.311 e. The molecule has 2 aliphatic rings. The Balaban J connectivity index is 1.68. The summed E-state index contributed by atoms with van der Waals surface area (Å²) in [5.41, 5.74) is 10.9. The van der Waals surface area contributed by atoms with Crippen LogP contribution in [0.25, 0.3) is 11.1 Å². The van der Waals surface area contributed by atoms with Crippen LogP contribution >= 0.6 is 0 Å². The minimum Gasteiger partial charge on any atom is -0.311 e. The third-order valence-corrected chi connectivity index (χ3v) is 5.92.